The molecule has 0 radical (unpaired) electrons. The van der Waals surface area contributed by atoms with Crippen LogP contribution in [-0.2, 0) is 9.47 Å². The van der Waals surface area contributed by atoms with Gasteiger partial charge in [-0.25, -0.2) is 0 Å². The zero-order valence-corrected chi connectivity index (χ0v) is 9.58. The van der Waals surface area contributed by atoms with Crippen LogP contribution in [0.4, 0.5) is 0 Å². The van der Waals surface area contributed by atoms with Crippen LogP contribution in [0, 0.1) is 5.41 Å². The number of ether oxygens (including phenoxy) is 2. The lowest BCUT2D eigenvalue weighted by molar-refractivity contribution is -0.0266. The highest BCUT2D eigenvalue weighted by atomic mass is 16.5. The van der Waals surface area contributed by atoms with E-state index in [-0.39, 0.29) is 24.2 Å². The van der Waals surface area contributed by atoms with E-state index in [2.05, 4.69) is 6.92 Å². The zero-order valence-electron chi connectivity index (χ0n) is 9.58. The maximum absolute atomic E-state index is 9.50. The van der Waals surface area contributed by atoms with Crippen molar-refractivity contribution in [3.8, 4) is 0 Å². The van der Waals surface area contributed by atoms with Crippen LogP contribution in [0.15, 0.2) is 0 Å². The number of fused-ring (bicyclic) bond motifs is 1. The highest BCUT2D eigenvalue weighted by Crippen LogP contribution is 2.49. The molecule has 3 heteroatoms. The minimum absolute atomic E-state index is 0.0697. The van der Waals surface area contributed by atoms with E-state index in [4.69, 9.17) is 9.47 Å². The molecule has 2 aliphatic rings. The van der Waals surface area contributed by atoms with E-state index in [1.165, 1.54) is 6.42 Å². The molecule has 1 saturated carbocycles. The van der Waals surface area contributed by atoms with Gasteiger partial charge >= 0.3 is 0 Å². The summed E-state index contributed by atoms with van der Waals surface area (Å²) in [4.78, 5) is 0. The highest BCUT2D eigenvalue weighted by Gasteiger charge is 2.50. The van der Waals surface area contributed by atoms with Crippen molar-refractivity contribution in [1.82, 2.24) is 0 Å². The summed E-state index contributed by atoms with van der Waals surface area (Å²) >= 11 is 0. The average Bonchev–Trinajstić information content (AvgIpc) is 2.74. The van der Waals surface area contributed by atoms with Crippen molar-refractivity contribution in [3.05, 3.63) is 0 Å². The fraction of sp³-hybridized carbons (Fsp3) is 1.00. The maximum Gasteiger partial charge on any atom is 0.0819 e. The van der Waals surface area contributed by atoms with Crippen LogP contribution in [0.2, 0.25) is 0 Å². The van der Waals surface area contributed by atoms with Crippen LogP contribution in [0.1, 0.15) is 39.0 Å². The molecule has 0 unspecified atom stereocenters. The number of hydrogen-bond donors (Lipinski definition) is 1. The molecular weight excluding hydrogens is 192 g/mol. The molecule has 0 spiro atoms. The van der Waals surface area contributed by atoms with E-state index in [9.17, 15) is 5.11 Å². The van der Waals surface area contributed by atoms with Gasteiger partial charge in [0, 0.05) is 12.0 Å². The van der Waals surface area contributed by atoms with E-state index in [1.807, 2.05) is 0 Å². The second-order valence-electron chi connectivity index (χ2n) is 4.94. The minimum Gasteiger partial charge on any atom is -0.396 e. The lowest BCUT2D eigenvalue weighted by Crippen LogP contribution is -2.28. The predicted molar refractivity (Wildman–Crippen MR) is 57.8 cm³/mol. The predicted octanol–water partition coefficient (Wildman–Crippen LogP) is 1.73. The van der Waals surface area contributed by atoms with Gasteiger partial charge in [-0.1, -0.05) is 13.3 Å². The first-order chi connectivity index (χ1) is 7.30. The second-order valence-corrected chi connectivity index (χ2v) is 4.94. The molecule has 3 atom stereocenters. The first-order valence-electron chi connectivity index (χ1n) is 6.15. The molecule has 1 heterocycles. The third-order valence-corrected chi connectivity index (χ3v) is 3.78. The third-order valence-electron chi connectivity index (χ3n) is 3.78. The molecule has 0 bridgehead atoms. The Balaban J connectivity index is 1.82. The zero-order chi connectivity index (χ0) is 10.7. The first kappa shape index (κ1) is 11.4. The SMILES string of the molecule is CCCOC[C@@H]1C[C@]2(CO)CCC[C@@H]2O1. The van der Waals surface area contributed by atoms with E-state index in [1.54, 1.807) is 0 Å². The second kappa shape index (κ2) is 4.81. The van der Waals surface area contributed by atoms with Gasteiger partial charge in [-0.2, -0.15) is 0 Å². The number of hydrogen-bond acceptors (Lipinski definition) is 3. The van der Waals surface area contributed by atoms with E-state index < -0.39 is 0 Å². The van der Waals surface area contributed by atoms with Gasteiger partial charge in [0.15, 0.2) is 0 Å². The number of rotatable bonds is 5. The van der Waals surface area contributed by atoms with Gasteiger partial charge in [-0.05, 0) is 25.7 Å². The molecule has 2 fully saturated rings. The maximum atomic E-state index is 9.50. The molecule has 0 aromatic carbocycles. The molecule has 2 rings (SSSR count). The van der Waals surface area contributed by atoms with Gasteiger partial charge in [-0.3, -0.25) is 0 Å². The summed E-state index contributed by atoms with van der Waals surface area (Å²) in [7, 11) is 0. The van der Waals surface area contributed by atoms with E-state index in [0.717, 1.165) is 32.3 Å². The van der Waals surface area contributed by atoms with E-state index in [0.29, 0.717) is 6.61 Å². The summed E-state index contributed by atoms with van der Waals surface area (Å²) in [5, 5.41) is 9.50. The topological polar surface area (TPSA) is 38.7 Å². The highest BCUT2D eigenvalue weighted by molar-refractivity contribution is 4.99. The Hall–Kier alpha value is -0.120. The Morgan fingerprint density at radius 2 is 2.40 bits per heavy atom. The molecule has 1 N–H and O–H groups in total. The Kier molecular flexibility index (Phi) is 3.65. The minimum atomic E-state index is 0.0697. The lowest BCUT2D eigenvalue weighted by Gasteiger charge is -2.24. The molecule has 0 aromatic rings. The number of aliphatic hydroxyl groups excluding tert-OH is 1. The van der Waals surface area contributed by atoms with Gasteiger partial charge < -0.3 is 14.6 Å². The Bertz CT molecular complexity index is 207. The van der Waals surface area contributed by atoms with Crippen molar-refractivity contribution in [3.63, 3.8) is 0 Å². The molecule has 3 nitrogen and oxygen atoms in total. The molecule has 0 amide bonds. The van der Waals surface area contributed by atoms with Crippen LogP contribution in [0.25, 0.3) is 0 Å². The molecular formula is C12H22O3. The van der Waals surface area contributed by atoms with Crippen molar-refractivity contribution < 1.29 is 14.6 Å². The Labute approximate surface area is 91.8 Å². The largest absolute Gasteiger partial charge is 0.396 e. The molecule has 1 aliphatic carbocycles. The normalized spacial score (nSPS) is 39.6. The van der Waals surface area contributed by atoms with Crippen LogP contribution in [-0.4, -0.2) is 37.1 Å². The fourth-order valence-electron chi connectivity index (χ4n) is 2.99. The van der Waals surface area contributed by atoms with Gasteiger partial charge in [0.05, 0.1) is 25.4 Å². The molecule has 88 valence electrons. The van der Waals surface area contributed by atoms with Crippen LogP contribution < -0.4 is 0 Å². The summed E-state index contributed by atoms with van der Waals surface area (Å²) in [5.41, 5.74) is 0.0697. The summed E-state index contributed by atoms with van der Waals surface area (Å²) in [6.07, 6.45) is 5.99. The quantitative estimate of drug-likeness (QED) is 0.708. The summed E-state index contributed by atoms with van der Waals surface area (Å²) in [6.45, 7) is 3.91. The first-order valence-corrected chi connectivity index (χ1v) is 6.15. The van der Waals surface area contributed by atoms with Gasteiger partial charge in [-0.15, -0.1) is 0 Å². The van der Waals surface area contributed by atoms with Crippen molar-refractivity contribution >= 4 is 0 Å². The summed E-state index contributed by atoms with van der Waals surface area (Å²) in [6, 6.07) is 0. The smallest absolute Gasteiger partial charge is 0.0819 e. The third kappa shape index (κ3) is 2.19. The van der Waals surface area contributed by atoms with Gasteiger partial charge in [0.2, 0.25) is 0 Å². The fourth-order valence-corrected chi connectivity index (χ4v) is 2.99. The summed E-state index contributed by atoms with van der Waals surface area (Å²) in [5.74, 6) is 0. The van der Waals surface area contributed by atoms with Gasteiger partial charge in [0.1, 0.15) is 0 Å². The lowest BCUT2D eigenvalue weighted by atomic mass is 9.82. The number of aliphatic hydroxyl groups is 1. The molecule has 15 heavy (non-hydrogen) atoms. The van der Waals surface area contributed by atoms with Crippen molar-refractivity contribution in [1.29, 1.82) is 0 Å². The Morgan fingerprint density at radius 3 is 3.07 bits per heavy atom. The van der Waals surface area contributed by atoms with Gasteiger partial charge in [0.25, 0.3) is 0 Å². The van der Waals surface area contributed by atoms with Crippen molar-refractivity contribution in [2.75, 3.05) is 19.8 Å². The van der Waals surface area contributed by atoms with E-state index >= 15 is 0 Å². The summed E-state index contributed by atoms with van der Waals surface area (Å²) < 4.78 is 11.5. The molecule has 1 aliphatic heterocycles. The van der Waals surface area contributed by atoms with Crippen LogP contribution in [0.5, 0.6) is 0 Å². The average molecular weight is 214 g/mol. The van der Waals surface area contributed by atoms with Crippen molar-refractivity contribution in [2.24, 2.45) is 5.41 Å². The van der Waals surface area contributed by atoms with Crippen LogP contribution in [0.3, 0.4) is 0 Å². The Morgan fingerprint density at radius 1 is 1.53 bits per heavy atom. The monoisotopic (exact) mass is 214 g/mol. The molecule has 1 saturated heterocycles. The van der Waals surface area contributed by atoms with Crippen molar-refractivity contribution in [2.45, 2.75) is 51.2 Å². The molecule has 0 aromatic heterocycles. The standard InChI is InChI=1S/C12H22O3/c1-2-6-14-8-10-7-12(9-13)5-3-4-11(12)15-10/h10-11,13H,2-9H2,1H3/t10-,11-,12-/m0/s1. The van der Waals surface area contributed by atoms with Crippen LogP contribution >= 0.6 is 0 Å².